The summed E-state index contributed by atoms with van der Waals surface area (Å²) in [6.45, 7) is 0. The highest BCUT2D eigenvalue weighted by atomic mass is 19.2. The number of hydrogen-bond acceptors (Lipinski definition) is 4. The number of rotatable bonds is 4. The first-order valence-corrected chi connectivity index (χ1v) is 4.60. The minimum atomic E-state index is -1.44. The van der Waals surface area contributed by atoms with Crippen molar-refractivity contribution < 1.29 is 28.5 Å². The third kappa shape index (κ3) is 2.62. The SMILES string of the molecule is COc1cc(F)c(F)c(CC(N)C(=O)O)c1O. The Balaban J connectivity index is 3.22. The summed E-state index contributed by atoms with van der Waals surface area (Å²) in [4.78, 5) is 10.5. The molecule has 0 aliphatic carbocycles. The van der Waals surface area contributed by atoms with Gasteiger partial charge in [-0.1, -0.05) is 0 Å². The molecule has 1 rings (SSSR count). The third-order valence-electron chi connectivity index (χ3n) is 2.21. The van der Waals surface area contributed by atoms with E-state index in [-0.39, 0.29) is 5.75 Å². The van der Waals surface area contributed by atoms with Crippen LogP contribution in [0.2, 0.25) is 0 Å². The highest BCUT2D eigenvalue weighted by Crippen LogP contribution is 2.34. The first-order valence-electron chi connectivity index (χ1n) is 4.60. The molecule has 1 unspecified atom stereocenters. The zero-order valence-corrected chi connectivity index (χ0v) is 8.91. The van der Waals surface area contributed by atoms with E-state index in [1.165, 1.54) is 0 Å². The molecule has 0 saturated carbocycles. The van der Waals surface area contributed by atoms with Gasteiger partial charge in [-0.3, -0.25) is 4.79 Å². The monoisotopic (exact) mass is 247 g/mol. The average Bonchev–Trinajstić information content (AvgIpc) is 2.28. The predicted octanol–water partition coefficient (Wildman–Crippen LogP) is 0.633. The molecule has 0 bridgehead atoms. The third-order valence-corrected chi connectivity index (χ3v) is 2.21. The van der Waals surface area contributed by atoms with E-state index in [0.29, 0.717) is 6.07 Å². The molecule has 0 radical (unpaired) electrons. The summed E-state index contributed by atoms with van der Waals surface area (Å²) in [6.07, 6.45) is -0.541. The maximum Gasteiger partial charge on any atom is 0.320 e. The van der Waals surface area contributed by atoms with Crippen molar-refractivity contribution in [1.82, 2.24) is 0 Å². The first-order chi connectivity index (χ1) is 7.88. The number of carbonyl (C=O) groups is 1. The molecule has 0 amide bonds. The van der Waals surface area contributed by atoms with Crippen LogP contribution in [0.15, 0.2) is 6.07 Å². The van der Waals surface area contributed by atoms with Crippen LogP contribution in [0, 0.1) is 11.6 Å². The Kier molecular flexibility index (Phi) is 3.84. The summed E-state index contributed by atoms with van der Waals surface area (Å²) in [5, 5.41) is 18.1. The van der Waals surface area contributed by atoms with Gasteiger partial charge in [0.25, 0.3) is 0 Å². The maximum absolute atomic E-state index is 13.4. The number of methoxy groups -OCH3 is 1. The Hall–Kier alpha value is -1.89. The number of nitrogens with two attached hydrogens (primary N) is 1. The molecular weight excluding hydrogens is 236 g/mol. The Bertz CT molecular complexity index is 450. The van der Waals surface area contributed by atoms with E-state index in [0.717, 1.165) is 7.11 Å². The van der Waals surface area contributed by atoms with Gasteiger partial charge in [0.05, 0.1) is 7.11 Å². The van der Waals surface area contributed by atoms with Crippen molar-refractivity contribution in [2.75, 3.05) is 7.11 Å². The van der Waals surface area contributed by atoms with Gasteiger partial charge < -0.3 is 20.7 Å². The zero-order chi connectivity index (χ0) is 13.2. The minimum Gasteiger partial charge on any atom is -0.504 e. The number of hydrogen-bond donors (Lipinski definition) is 3. The van der Waals surface area contributed by atoms with Gasteiger partial charge in [0.1, 0.15) is 6.04 Å². The standard InChI is InChI=1S/C10H11F2NO4/c1-17-7-3-5(11)8(12)4(9(7)14)2-6(13)10(15)16/h3,6,14H,2,13H2,1H3,(H,15,16). The van der Waals surface area contributed by atoms with E-state index in [1.807, 2.05) is 0 Å². The topological polar surface area (TPSA) is 92.8 Å². The van der Waals surface area contributed by atoms with Crippen molar-refractivity contribution in [3.63, 3.8) is 0 Å². The van der Waals surface area contributed by atoms with Crippen LogP contribution in [0.4, 0.5) is 8.78 Å². The molecule has 0 spiro atoms. The van der Waals surface area contributed by atoms with Gasteiger partial charge in [-0.15, -0.1) is 0 Å². The van der Waals surface area contributed by atoms with E-state index in [4.69, 9.17) is 10.8 Å². The molecule has 0 aromatic heterocycles. The Morgan fingerprint density at radius 1 is 1.59 bits per heavy atom. The van der Waals surface area contributed by atoms with Gasteiger partial charge in [-0.05, 0) is 0 Å². The summed E-state index contributed by atoms with van der Waals surface area (Å²) < 4.78 is 31.1. The summed E-state index contributed by atoms with van der Waals surface area (Å²) in [6, 6.07) is -0.776. The zero-order valence-electron chi connectivity index (χ0n) is 8.91. The number of aliphatic carboxylic acids is 1. The number of carboxylic acid groups (broad SMARTS) is 1. The number of aromatic hydroxyl groups is 1. The van der Waals surface area contributed by atoms with Crippen LogP contribution < -0.4 is 10.5 Å². The van der Waals surface area contributed by atoms with Gasteiger partial charge in [-0.25, -0.2) is 8.78 Å². The molecule has 4 N–H and O–H groups in total. The van der Waals surface area contributed by atoms with Crippen molar-refractivity contribution in [1.29, 1.82) is 0 Å². The minimum absolute atomic E-state index is 0.281. The fraction of sp³-hybridized carbons (Fsp3) is 0.300. The molecule has 17 heavy (non-hydrogen) atoms. The van der Waals surface area contributed by atoms with Crippen molar-refractivity contribution in [2.24, 2.45) is 5.73 Å². The van der Waals surface area contributed by atoms with E-state index < -0.39 is 41.4 Å². The molecule has 0 aliphatic rings. The largest absolute Gasteiger partial charge is 0.504 e. The number of ether oxygens (including phenoxy) is 1. The Morgan fingerprint density at radius 3 is 2.65 bits per heavy atom. The molecule has 0 fully saturated rings. The summed E-state index contributed by atoms with van der Waals surface area (Å²) in [7, 11) is 1.16. The highest BCUT2D eigenvalue weighted by Gasteiger charge is 2.23. The molecule has 0 heterocycles. The van der Waals surface area contributed by atoms with Crippen LogP contribution in [0.5, 0.6) is 11.5 Å². The molecule has 5 nitrogen and oxygen atoms in total. The van der Waals surface area contributed by atoms with Crippen LogP contribution in [0.3, 0.4) is 0 Å². The van der Waals surface area contributed by atoms with Gasteiger partial charge in [0.15, 0.2) is 23.1 Å². The summed E-state index contributed by atoms with van der Waals surface area (Å²) in [5.74, 6) is -4.89. The number of phenols is 1. The number of benzene rings is 1. The second kappa shape index (κ2) is 4.96. The van der Waals surface area contributed by atoms with E-state index in [9.17, 15) is 18.7 Å². The second-order valence-corrected chi connectivity index (χ2v) is 3.35. The Labute approximate surface area is 95.4 Å². The van der Waals surface area contributed by atoms with Crippen molar-refractivity contribution in [2.45, 2.75) is 12.5 Å². The predicted molar refractivity (Wildman–Crippen MR) is 53.9 cm³/mol. The van der Waals surface area contributed by atoms with Gasteiger partial charge in [-0.2, -0.15) is 0 Å². The van der Waals surface area contributed by atoms with Gasteiger partial charge in [0.2, 0.25) is 0 Å². The molecule has 0 aliphatic heterocycles. The van der Waals surface area contributed by atoms with Gasteiger partial charge in [0, 0.05) is 18.1 Å². The maximum atomic E-state index is 13.4. The first kappa shape index (κ1) is 13.2. The summed E-state index contributed by atoms with van der Waals surface area (Å²) in [5.41, 5.74) is 4.67. The van der Waals surface area contributed by atoms with Crippen LogP contribution in [-0.2, 0) is 11.2 Å². The molecular formula is C10H11F2NO4. The molecule has 1 aromatic rings. The lowest BCUT2D eigenvalue weighted by atomic mass is 10.0. The lowest BCUT2D eigenvalue weighted by Crippen LogP contribution is -2.32. The molecule has 1 aromatic carbocycles. The normalized spacial score (nSPS) is 12.2. The number of phenolic OH excluding ortho intramolecular Hbond substituents is 1. The van der Waals surface area contributed by atoms with Crippen LogP contribution >= 0.6 is 0 Å². The fourth-order valence-corrected chi connectivity index (χ4v) is 1.29. The number of halogens is 2. The van der Waals surface area contributed by atoms with Crippen LogP contribution in [-0.4, -0.2) is 29.3 Å². The lowest BCUT2D eigenvalue weighted by Gasteiger charge is -2.12. The molecule has 7 heteroatoms. The fourth-order valence-electron chi connectivity index (χ4n) is 1.29. The second-order valence-electron chi connectivity index (χ2n) is 3.35. The van der Waals surface area contributed by atoms with Crippen molar-refractivity contribution in [3.8, 4) is 11.5 Å². The van der Waals surface area contributed by atoms with Crippen molar-refractivity contribution in [3.05, 3.63) is 23.3 Å². The molecule has 1 atom stereocenters. The molecule has 0 saturated heterocycles. The smallest absolute Gasteiger partial charge is 0.320 e. The van der Waals surface area contributed by atoms with E-state index in [1.54, 1.807) is 0 Å². The van der Waals surface area contributed by atoms with E-state index >= 15 is 0 Å². The number of carboxylic acids is 1. The Morgan fingerprint density at radius 2 is 2.18 bits per heavy atom. The summed E-state index contributed by atoms with van der Waals surface area (Å²) >= 11 is 0. The van der Waals surface area contributed by atoms with Crippen LogP contribution in [0.25, 0.3) is 0 Å². The quantitative estimate of drug-likeness (QED) is 0.725. The average molecular weight is 247 g/mol. The van der Waals surface area contributed by atoms with E-state index in [2.05, 4.69) is 4.74 Å². The lowest BCUT2D eigenvalue weighted by molar-refractivity contribution is -0.138. The van der Waals surface area contributed by atoms with Gasteiger partial charge >= 0.3 is 5.97 Å². The van der Waals surface area contributed by atoms with Crippen LogP contribution in [0.1, 0.15) is 5.56 Å². The molecule has 94 valence electrons. The highest BCUT2D eigenvalue weighted by molar-refractivity contribution is 5.73. The van der Waals surface area contributed by atoms with Crippen molar-refractivity contribution >= 4 is 5.97 Å².